The van der Waals surface area contributed by atoms with Crippen molar-refractivity contribution in [3.8, 4) is 0 Å². The van der Waals surface area contributed by atoms with Crippen molar-refractivity contribution < 1.29 is 24.7 Å². The largest absolute Gasteiger partial charge is 0.478 e. The number of nitro groups is 1. The molecular weight excluding hydrogens is 522 g/mol. The fourth-order valence-corrected chi connectivity index (χ4v) is 6.09. The van der Waals surface area contributed by atoms with Gasteiger partial charge in [0.15, 0.2) is 0 Å². The molecule has 0 unspecified atom stereocenters. The number of hydrogen-bond donors (Lipinski definition) is 2. The molecule has 0 radical (unpaired) electrons. The number of nitrogens with zero attached hydrogens (tertiary/aromatic N) is 3. The molecule has 10 heteroatoms. The average molecular weight is 556 g/mol. The molecule has 0 fully saturated rings. The van der Waals surface area contributed by atoms with Crippen molar-refractivity contribution in [3.63, 3.8) is 0 Å². The number of benzene rings is 2. The topological polar surface area (TPSA) is 124 Å². The van der Waals surface area contributed by atoms with Gasteiger partial charge in [0, 0.05) is 48.2 Å². The van der Waals surface area contributed by atoms with Crippen LogP contribution in [0.1, 0.15) is 45.7 Å². The van der Waals surface area contributed by atoms with E-state index in [9.17, 15) is 29.9 Å². The van der Waals surface area contributed by atoms with E-state index in [4.69, 9.17) is 11.6 Å². The molecule has 0 saturated carbocycles. The van der Waals surface area contributed by atoms with Gasteiger partial charge < -0.3 is 20.0 Å². The van der Waals surface area contributed by atoms with Gasteiger partial charge in [-0.2, -0.15) is 0 Å². The van der Waals surface area contributed by atoms with Gasteiger partial charge in [-0.3, -0.25) is 10.1 Å². The molecule has 0 aliphatic carbocycles. The summed E-state index contributed by atoms with van der Waals surface area (Å²) in [6, 6.07) is 13.7. The van der Waals surface area contributed by atoms with E-state index in [2.05, 4.69) is 4.90 Å². The van der Waals surface area contributed by atoms with Crippen molar-refractivity contribution in [2.24, 2.45) is 5.41 Å². The molecule has 3 rings (SSSR count). The van der Waals surface area contributed by atoms with Crippen LogP contribution in [0.5, 0.6) is 0 Å². The van der Waals surface area contributed by atoms with Gasteiger partial charge in [-0.1, -0.05) is 55.8 Å². The second kappa shape index (κ2) is 11.2. The zero-order valence-corrected chi connectivity index (χ0v) is 23.7. The van der Waals surface area contributed by atoms with Crippen LogP contribution >= 0.6 is 11.6 Å². The maximum absolute atomic E-state index is 12.8. The van der Waals surface area contributed by atoms with Crippen LogP contribution in [0, 0.1) is 15.5 Å². The highest BCUT2D eigenvalue weighted by Gasteiger charge is 2.50. The molecule has 1 aliphatic heterocycles. The van der Waals surface area contributed by atoms with Gasteiger partial charge in [-0.25, -0.2) is 9.59 Å². The number of hydrogen-bond acceptors (Lipinski definition) is 6. The minimum absolute atomic E-state index is 0.0394. The summed E-state index contributed by atoms with van der Waals surface area (Å²) in [5.41, 5.74) is -0.911. The first-order valence-electron chi connectivity index (χ1n) is 12.4. The Kier molecular flexibility index (Phi) is 8.57. The molecule has 0 aromatic heterocycles. The van der Waals surface area contributed by atoms with Crippen LogP contribution in [0.15, 0.2) is 71.1 Å². The van der Waals surface area contributed by atoms with Crippen LogP contribution in [-0.2, 0) is 21.5 Å². The van der Waals surface area contributed by atoms with Gasteiger partial charge in [0.25, 0.3) is 5.69 Å². The Morgan fingerprint density at radius 2 is 1.59 bits per heavy atom. The number of carboxylic acid groups (broad SMARTS) is 2. The first-order chi connectivity index (χ1) is 18.1. The fourth-order valence-electron chi connectivity index (χ4n) is 5.78. The van der Waals surface area contributed by atoms with E-state index >= 15 is 0 Å². The Morgan fingerprint density at radius 1 is 1.05 bits per heavy atom. The molecule has 39 heavy (non-hydrogen) atoms. The lowest BCUT2D eigenvalue weighted by Crippen LogP contribution is -2.47. The summed E-state index contributed by atoms with van der Waals surface area (Å²) >= 11 is 6.45. The summed E-state index contributed by atoms with van der Waals surface area (Å²) in [6.07, 6.45) is 0. The zero-order chi connectivity index (χ0) is 29.3. The highest BCUT2D eigenvalue weighted by molar-refractivity contribution is 6.31. The highest BCUT2D eigenvalue weighted by atomic mass is 35.5. The number of halogens is 1. The van der Waals surface area contributed by atoms with Gasteiger partial charge in [0.05, 0.1) is 21.5 Å². The Bertz CT molecular complexity index is 1330. The number of carbonyl (C=O) groups is 2. The number of non-ortho nitro benzene ring substituents is 1. The van der Waals surface area contributed by atoms with E-state index in [1.54, 1.807) is 18.7 Å². The van der Waals surface area contributed by atoms with Crippen LogP contribution in [-0.4, -0.2) is 57.0 Å². The first kappa shape index (κ1) is 29.9. The fraction of sp³-hybridized carbons (Fsp3) is 0.379. The van der Waals surface area contributed by atoms with Gasteiger partial charge in [-0.05, 0) is 50.4 Å². The number of carboxylic acids is 2. The van der Waals surface area contributed by atoms with Gasteiger partial charge in [0.2, 0.25) is 0 Å². The molecule has 2 aromatic carbocycles. The van der Waals surface area contributed by atoms with Crippen molar-refractivity contribution in [1.29, 1.82) is 0 Å². The normalized spacial score (nSPS) is 15.6. The Balaban J connectivity index is 2.10. The Hall–Kier alpha value is -3.69. The van der Waals surface area contributed by atoms with E-state index < -0.39 is 22.3 Å². The summed E-state index contributed by atoms with van der Waals surface area (Å²) in [5.74, 6) is -2.65. The van der Waals surface area contributed by atoms with Gasteiger partial charge in [-0.15, -0.1) is 0 Å². The number of rotatable bonds is 10. The molecule has 1 heterocycles. The van der Waals surface area contributed by atoms with Crippen LogP contribution < -0.4 is 0 Å². The average Bonchev–Trinajstić information content (AvgIpc) is 2.81. The molecule has 9 nitrogen and oxygen atoms in total. The molecule has 1 aliphatic rings. The molecule has 2 N–H and O–H groups in total. The third-order valence-corrected chi connectivity index (χ3v) is 7.57. The minimum Gasteiger partial charge on any atom is -0.478 e. The van der Waals surface area contributed by atoms with E-state index in [0.29, 0.717) is 24.5 Å². The minimum atomic E-state index is -1.75. The third-order valence-electron chi connectivity index (χ3n) is 7.24. The predicted molar refractivity (Wildman–Crippen MR) is 149 cm³/mol. The van der Waals surface area contributed by atoms with Crippen molar-refractivity contribution in [3.05, 3.63) is 97.3 Å². The van der Waals surface area contributed by atoms with Gasteiger partial charge >= 0.3 is 11.9 Å². The summed E-state index contributed by atoms with van der Waals surface area (Å²) in [5, 5.41) is 32.4. The van der Waals surface area contributed by atoms with E-state index in [1.807, 2.05) is 51.2 Å². The lowest BCUT2D eigenvalue weighted by Gasteiger charge is -2.45. The molecule has 0 atom stereocenters. The summed E-state index contributed by atoms with van der Waals surface area (Å²) in [7, 11) is 2.00. The second-order valence-corrected chi connectivity index (χ2v) is 11.4. The van der Waals surface area contributed by atoms with Gasteiger partial charge in [0.1, 0.15) is 0 Å². The number of nitro benzene ring substituents is 1. The molecular formula is C29H34ClN3O6. The third kappa shape index (κ3) is 5.99. The smallest absolute Gasteiger partial charge is 0.334 e. The maximum atomic E-state index is 12.8. The first-order valence-corrected chi connectivity index (χ1v) is 12.8. The monoisotopic (exact) mass is 555 g/mol. The summed E-state index contributed by atoms with van der Waals surface area (Å²) in [6.45, 7) is 10.5. The van der Waals surface area contributed by atoms with E-state index in [-0.39, 0.29) is 32.8 Å². The van der Waals surface area contributed by atoms with Crippen LogP contribution in [0.2, 0.25) is 5.02 Å². The highest BCUT2D eigenvalue weighted by Crippen LogP contribution is 2.50. The lowest BCUT2D eigenvalue weighted by atomic mass is 9.66. The Labute approximate surface area is 233 Å². The summed E-state index contributed by atoms with van der Waals surface area (Å²) in [4.78, 5) is 40.3. The Morgan fingerprint density at radius 3 is 2.08 bits per heavy atom. The second-order valence-electron chi connectivity index (χ2n) is 11.0. The lowest BCUT2D eigenvalue weighted by molar-refractivity contribution is -0.384. The standard InChI is InChI=1S/C29H34ClN3O6/c1-18-24(26(34)35)29(5,22-14-21(33(38)39)12-13-23(22)30)25(27(36)37)19(2)32(18)17-28(3,4)16-31(6)15-20-10-8-7-9-11-20/h7-14H,15-17H2,1-6H3,(H,34,35)(H,36,37). The van der Waals surface area contributed by atoms with Crippen molar-refractivity contribution in [2.75, 3.05) is 20.1 Å². The zero-order valence-electron chi connectivity index (χ0n) is 23.0. The van der Waals surface area contributed by atoms with Crippen molar-refractivity contribution in [2.45, 2.75) is 46.6 Å². The molecule has 0 bridgehead atoms. The molecule has 0 spiro atoms. The number of allylic oxidation sites excluding steroid dienone is 2. The summed E-state index contributed by atoms with van der Waals surface area (Å²) < 4.78 is 0. The number of aliphatic carboxylic acids is 2. The van der Waals surface area contributed by atoms with Crippen molar-refractivity contribution >= 4 is 29.2 Å². The van der Waals surface area contributed by atoms with Crippen molar-refractivity contribution in [1.82, 2.24) is 9.80 Å². The van der Waals surface area contributed by atoms with Crippen LogP contribution in [0.25, 0.3) is 0 Å². The molecule has 2 aromatic rings. The van der Waals surface area contributed by atoms with Crippen LogP contribution in [0.4, 0.5) is 5.69 Å². The van der Waals surface area contributed by atoms with E-state index in [0.717, 1.165) is 18.2 Å². The SMILES string of the molecule is CC1=C(C(=O)O)C(C)(c2cc([N+](=O)[O-])ccc2Cl)C(C(=O)O)=C(C)N1CC(C)(C)CN(C)Cc1ccccc1. The molecule has 0 amide bonds. The molecule has 208 valence electrons. The predicted octanol–water partition coefficient (Wildman–Crippen LogP) is 5.70. The quantitative estimate of drug-likeness (QED) is 0.283. The molecule has 0 saturated heterocycles. The van der Waals surface area contributed by atoms with E-state index in [1.165, 1.54) is 19.1 Å². The maximum Gasteiger partial charge on any atom is 0.334 e. The van der Waals surface area contributed by atoms with Crippen LogP contribution in [0.3, 0.4) is 0 Å².